The Kier molecular flexibility index (Phi) is 10.5. The first-order valence-electron chi connectivity index (χ1n) is 13.3. The molecule has 0 aliphatic carbocycles. The predicted octanol–water partition coefficient (Wildman–Crippen LogP) is 7.55. The topological polar surface area (TPSA) is 108 Å². The Morgan fingerprint density at radius 3 is 2.05 bits per heavy atom. The molecular weight excluding hydrogens is 618 g/mol. The maximum Gasteiger partial charge on any atom is 0.416 e. The third kappa shape index (κ3) is 8.98. The molecular formula is C32H26Cl2F3N3O4. The molecule has 0 aliphatic heterocycles. The van der Waals surface area contributed by atoms with E-state index >= 15 is 0 Å². The van der Waals surface area contributed by atoms with Crippen LogP contribution in [0, 0.1) is 0 Å². The Morgan fingerprint density at radius 1 is 0.818 bits per heavy atom. The predicted molar refractivity (Wildman–Crippen MR) is 164 cm³/mol. The summed E-state index contributed by atoms with van der Waals surface area (Å²) < 4.78 is 39.0. The van der Waals surface area contributed by atoms with Crippen LogP contribution in [0.3, 0.4) is 0 Å². The standard InChI is InChI=1S/C32H26Cl2F3N3O4/c33-23-9-14-26(27(34)18-23)20-3-1-19(2-4-20)17-28(31(44)40-25-12-7-22(8-13-25)32(35,36)37)39-24-10-5-21(6-11-24)30(43)38-16-15-29(41)42/h1-14,18,28,39H,15-17H2,(H,38,43)(H,40,44)(H,41,42). The van der Waals surface area contributed by atoms with Crippen molar-refractivity contribution in [3.05, 3.63) is 118 Å². The Morgan fingerprint density at radius 2 is 1.45 bits per heavy atom. The number of rotatable bonds is 11. The lowest BCUT2D eigenvalue weighted by atomic mass is 10.00. The van der Waals surface area contributed by atoms with E-state index in [2.05, 4.69) is 16.0 Å². The van der Waals surface area contributed by atoms with Crippen molar-refractivity contribution in [3.63, 3.8) is 0 Å². The molecule has 0 saturated heterocycles. The van der Waals surface area contributed by atoms with Gasteiger partial charge in [-0.1, -0.05) is 53.5 Å². The lowest BCUT2D eigenvalue weighted by Gasteiger charge is -2.20. The molecule has 0 aromatic heterocycles. The fourth-order valence-electron chi connectivity index (χ4n) is 4.26. The van der Waals surface area contributed by atoms with Crippen LogP contribution >= 0.6 is 23.2 Å². The summed E-state index contributed by atoms with van der Waals surface area (Å²) in [7, 11) is 0. The molecule has 0 spiro atoms. The number of anilines is 2. The van der Waals surface area contributed by atoms with Crippen LogP contribution in [0.5, 0.6) is 0 Å². The monoisotopic (exact) mass is 643 g/mol. The largest absolute Gasteiger partial charge is 0.481 e. The van der Waals surface area contributed by atoms with E-state index in [4.69, 9.17) is 28.3 Å². The van der Waals surface area contributed by atoms with E-state index < -0.39 is 35.6 Å². The van der Waals surface area contributed by atoms with E-state index in [0.29, 0.717) is 21.3 Å². The first-order chi connectivity index (χ1) is 20.9. The summed E-state index contributed by atoms with van der Waals surface area (Å²) >= 11 is 12.3. The van der Waals surface area contributed by atoms with Crippen LogP contribution in [-0.4, -0.2) is 35.5 Å². The summed E-state index contributed by atoms with van der Waals surface area (Å²) in [5, 5.41) is 18.0. The van der Waals surface area contributed by atoms with Crippen LogP contribution in [-0.2, 0) is 22.2 Å². The highest BCUT2D eigenvalue weighted by Gasteiger charge is 2.30. The molecule has 0 radical (unpaired) electrons. The van der Waals surface area contributed by atoms with Crippen LogP contribution < -0.4 is 16.0 Å². The molecule has 44 heavy (non-hydrogen) atoms. The third-order valence-corrected chi connectivity index (χ3v) is 7.09. The highest BCUT2D eigenvalue weighted by molar-refractivity contribution is 6.36. The van der Waals surface area contributed by atoms with Crippen LogP contribution in [0.15, 0.2) is 91.0 Å². The van der Waals surface area contributed by atoms with Crippen LogP contribution in [0.25, 0.3) is 11.1 Å². The molecule has 4 rings (SSSR count). The minimum Gasteiger partial charge on any atom is -0.481 e. The van der Waals surface area contributed by atoms with Crippen molar-refractivity contribution in [2.45, 2.75) is 25.1 Å². The third-order valence-electron chi connectivity index (χ3n) is 6.54. The van der Waals surface area contributed by atoms with Gasteiger partial charge in [0.25, 0.3) is 5.91 Å². The lowest BCUT2D eigenvalue weighted by Crippen LogP contribution is -2.36. The van der Waals surface area contributed by atoms with E-state index in [-0.39, 0.29) is 25.1 Å². The number of halogens is 5. The number of benzene rings is 4. The van der Waals surface area contributed by atoms with Crippen molar-refractivity contribution < 1.29 is 32.7 Å². The number of carbonyl (C=O) groups is 3. The number of carbonyl (C=O) groups excluding carboxylic acids is 2. The Balaban J connectivity index is 1.52. The second-order valence-electron chi connectivity index (χ2n) is 9.76. The fourth-order valence-corrected chi connectivity index (χ4v) is 4.78. The van der Waals surface area contributed by atoms with Gasteiger partial charge in [-0.25, -0.2) is 0 Å². The van der Waals surface area contributed by atoms with Crippen LogP contribution in [0.2, 0.25) is 10.0 Å². The van der Waals surface area contributed by atoms with Gasteiger partial charge in [0, 0.05) is 45.5 Å². The second kappa shape index (κ2) is 14.3. The molecule has 1 unspecified atom stereocenters. The van der Waals surface area contributed by atoms with Crippen LogP contribution in [0.1, 0.15) is 27.9 Å². The van der Waals surface area contributed by atoms with Gasteiger partial charge in [-0.15, -0.1) is 0 Å². The summed E-state index contributed by atoms with van der Waals surface area (Å²) in [5.74, 6) is -1.98. The fraction of sp³-hybridized carbons (Fsp3) is 0.156. The Bertz CT molecular complexity index is 1630. The van der Waals surface area contributed by atoms with E-state index in [0.717, 1.165) is 28.8 Å². The number of hydrogen-bond donors (Lipinski definition) is 4. The minimum absolute atomic E-state index is 0.0244. The van der Waals surface area contributed by atoms with Gasteiger partial charge in [0.05, 0.1) is 12.0 Å². The SMILES string of the molecule is O=C(O)CCNC(=O)c1ccc(NC(Cc2ccc(-c3ccc(Cl)cc3Cl)cc2)C(=O)Nc2ccc(C(F)(F)F)cc2)cc1. The van der Waals surface area contributed by atoms with Gasteiger partial charge in [0.1, 0.15) is 6.04 Å². The summed E-state index contributed by atoms with van der Waals surface area (Å²) in [4.78, 5) is 36.4. The summed E-state index contributed by atoms with van der Waals surface area (Å²) in [5.41, 5.74) is 2.56. The zero-order chi connectivity index (χ0) is 31.9. The molecule has 4 aromatic carbocycles. The highest BCUT2D eigenvalue weighted by Crippen LogP contribution is 2.31. The lowest BCUT2D eigenvalue weighted by molar-refractivity contribution is -0.138. The summed E-state index contributed by atoms with van der Waals surface area (Å²) in [6, 6.07) is 22.1. The first-order valence-corrected chi connectivity index (χ1v) is 14.0. The van der Waals surface area contributed by atoms with Crippen molar-refractivity contribution >= 4 is 52.4 Å². The minimum atomic E-state index is -4.51. The number of carboxylic acids is 1. The molecule has 0 saturated carbocycles. The molecule has 12 heteroatoms. The van der Waals surface area contributed by atoms with Gasteiger partial charge in [-0.3, -0.25) is 14.4 Å². The number of amides is 2. The smallest absolute Gasteiger partial charge is 0.416 e. The molecule has 7 nitrogen and oxygen atoms in total. The first kappa shape index (κ1) is 32.4. The normalized spacial score (nSPS) is 11.8. The molecule has 1 atom stereocenters. The summed E-state index contributed by atoms with van der Waals surface area (Å²) in [6.45, 7) is -0.0244. The molecule has 4 N–H and O–H groups in total. The van der Waals surface area contributed by atoms with Crippen molar-refractivity contribution in [1.82, 2.24) is 5.32 Å². The molecule has 0 heterocycles. The van der Waals surface area contributed by atoms with E-state index in [9.17, 15) is 27.6 Å². The van der Waals surface area contributed by atoms with Gasteiger partial charge in [-0.05, 0) is 71.8 Å². The second-order valence-corrected chi connectivity index (χ2v) is 10.6. The zero-order valence-electron chi connectivity index (χ0n) is 22.9. The molecule has 2 amide bonds. The van der Waals surface area contributed by atoms with Gasteiger partial charge >= 0.3 is 12.1 Å². The molecule has 228 valence electrons. The van der Waals surface area contributed by atoms with Gasteiger partial charge < -0.3 is 21.1 Å². The molecule has 0 bridgehead atoms. The maximum absolute atomic E-state index is 13.4. The van der Waals surface area contributed by atoms with Crippen LogP contribution in [0.4, 0.5) is 24.5 Å². The molecule has 0 aliphatic rings. The van der Waals surface area contributed by atoms with Crippen molar-refractivity contribution in [2.75, 3.05) is 17.2 Å². The molecule has 4 aromatic rings. The van der Waals surface area contributed by atoms with E-state index in [1.807, 2.05) is 24.3 Å². The summed E-state index contributed by atoms with van der Waals surface area (Å²) in [6.07, 6.45) is -4.51. The van der Waals surface area contributed by atoms with Crippen molar-refractivity contribution in [3.8, 4) is 11.1 Å². The maximum atomic E-state index is 13.4. The zero-order valence-corrected chi connectivity index (χ0v) is 24.4. The molecule has 0 fully saturated rings. The van der Waals surface area contributed by atoms with Gasteiger partial charge in [0.2, 0.25) is 5.91 Å². The number of hydrogen-bond acceptors (Lipinski definition) is 4. The number of carboxylic acid groups (broad SMARTS) is 1. The highest BCUT2D eigenvalue weighted by atomic mass is 35.5. The van der Waals surface area contributed by atoms with E-state index in [1.54, 1.807) is 30.3 Å². The Hall–Kier alpha value is -4.54. The van der Waals surface area contributed by atoms with Gasteiger partial charge in [0.15, 0.2) is 0 Å². The van der Waals surface area contributed by atoms with Crippen molar-refractivity contribution in [1.29, 1.82) is 0 Å². The Labute approximate surface area is 261 Å². The average Bonchev–Trinajstić information content (AvgIpc) is 2.97. The number of nitrogens with one attached hydrogen (secondary N) is 3. The van der Waals surface area contributed by atoms with Crippen molar-refractivity contribution in [2.24, 2.45) is 0 Å². The van der Waals surface area contributed by atoms with E-state index in [1.165, 1.54) is 24.3 Å². The quantitative estimate of drug-likeness (QED) is 0.135. The van der Waals surface area contributed by atoms with Gasteiger partial charge in [-0.2, -0.15) is 13.2 Å². The number of alkyl halides is 3. The number of aliphatic carboxylic acids is 1. The average molecular weight is 644 g/mol.